The molecule has 0 heterocycles. The molecule has 0 spiro atoms. The van der Waals surface area contributed by atoms with Gasteiger partial charge in [0, 0.05) is 19.8 Å². The molecule has 0 saturated heterocycles. The van der Waals surface area contributed by atoms with Crippen LogP contribution in [0.2, 0.25) is 0 Å². The lowest BCUT2D eigenvalue weighted by Crippen LogP contribution is -2.16. The summed E-state index contributed by atoms with van der Waals surface area (Å²) >= 11 is 0. The standard InChI is InChI=1S/C22H30FNO3.ClH/c1-3-4-13-26-14-5-12-24-16-19-8-11-21(22(15-19)25-2)27-17-18-6-9-20(23)10-7-18;/h6-11,15,24H,3-5,12-14,16-17H2,1-2H3;1H. The predicted molar refractivity (Wildman–Crippen MR) is 113 cm³/mol. The SMILES string of the molecule is CCCCOCCCNCc1ccc(OCc2ccc(F)cc2)c(OC)c1.Cl. The van der Waals surface area contributed by atoms with Gasteiger partial charge >= 0.3 is 0 Å². The van der Waals surface area contributed by atoms with Gasteiger partial charge in [-0.2, -0.15) is 0 Å². The summed E-state index contributed by atoms with van der Waals surface area (Å²) < 4.78 is 29.8. The third-order valence-corrected chi connectivity index (χ3v) is 4.15. The lowest BCUT2D eigenvalue weighted by molar-refractivity contribution is 0.129. The Morgan fingerprint density at radius 2 is 1.64 bits per heavy atom. The number of ether oxygens (including phenoxy) is 3. The third-order valence-electron chi connectivity index (χ3n) is 4.15. The minimum atomic E-state index is -0.249. The van der Waals surface area contributed by atoms with Crippen LogP contribution in [0, 0.1) is 5.82 Å². The minimum Gasteiger partial charge on any atom is -0.493 e. The molecule has 0 amide bonds. The van der Waals surface area contributed by atoms with Crippen LogP contribution in [-0.4, -0.2) is 26.9 Å². The van der Waals surface area contributed by atoms with Crippen molar-refractivity contribution in [3.8, 4) is 11.5 Å². The number of hydrogen-bond donors (Lipinski definition) is 1. The fraction of sp³-hybridized carbons (Fsp3) is 0.455. The van der Waals surface area contributed by atoms with Gasteiger partial charge in [-0.05, 0) is 54.8 Å². The van der Waals surface area contributed by atoms with Gasteiger partial charge in [0.15, 0.2) is 11.5 Å². The van der Waals surface area contributed by atoms with E-state index in [2.05, 4.69) is 12.2 Å². The van der Waals surface area contributed by atoms with Crippen LogP contribution in [-0.2, 0) is 17.9 Å². The fourth-order valence-corrected chi connectivity index (χ4v) is 2.56. The third kappa shape index (κ3) is 8.91. The van der Waals surface area contributed by atoms with Crippen LogP contribution in [0.15, 0.2) is 42.5 Å². The first-order valence-corrected chi connectivity index (χ1v) is 9.55. The van der Waals surface area contributed by atoms with Crippen LogP contribution in [0.1, 0.15) is 37.3 Å². The Labute approximate surface area is 173 Å². The van der Waals surface area contributed by atoms with Crippen molar-refractivity contribution in [1.82, 2.24) is 5.32 Å². The topological polar surface area (TPSA) is 39.7 Å². The fourth-order valence-electron chi connectivity index (χ4n) is 2.56. The molecule has 0 aliphatic rings. The normalized spacial score (nSPS) is 10.4. The molecule has 0 unspecified atom stereocenters. The molecule has 4 nitrogen and oxygen atoms in total. The van der Waals surface area contributed by atoms with Crippen molar-refractivity contribution in [2.45, 2.75) is 39.3 Å². The van der Waals surface area contributed by atoms with Crippen molar-refractivity contribution in [1.29, 1.82) is 0 Å². The van der Waals surface area contributed by atoms with E-state index in [9.17, 15) is 4.39 Å². The molecule has 0 saturated carbocycles. The van der Waals surface area contributed by atoms with Gasteiger partial charge in [0.1, 0.15) is 12.4 Å². The van der Waals surface area contributed by atoms with Gasteiger partial charge in [-0.1, -0.05) is 31.5 Å². The maximum absolute atomic E-state index is 13.0. The lowest BCUT2D eigenvalue weighted by atomic mass is 10.2. The summed E-state index contributed by atoms with van der Waals surface area (Å²) in [5, 5.41) is 3.41. The Bertz CT molecular complexity index is 667. The average Bonchev–Trinajstić information content (AvgIpc) is 2.70. The Balaban J connectivity index is 0.00000392. The van der Waals surface area contributed by atoms with E-state index in [1.807, 2.05) is 18.2 Å². The lowest BCUT2D eigenvalue weighted by Gasteiger charge is -2.13. The molecule has 0 aliphatic heterocycles. The minimum absolute atomic E-state index is 0. The van der Waals surface area contributed by atoms with Gasteiger partial charge in [0.05, 0.1) is 7.11 Å². The second kappa shape index (κ2) is 14.2. The van der Waals surface area contributed by atoms with Crippen LogP contribution >= 0.6 is 12.4 Å². The van der Waals surface area contributed by atoms with E-state index in [1.165, 1.54) is 18.6 Å². The Morgan fingerprint density at radius 3 is 2.36 bits per heavy atom. The Morgan fingerprint density at radius 1 is 0.929 bits per heavy atom. The van der Waals surface area contributed by atoms with Crippen molar-refractivity contribution >= 4 is 12.4 Å². The second-order valence-electron chi connectivity index (χ2n) is 6.40. The molecule has 0 radical (unpaired) electrons. The maximum atomic E-state index is 13.0. The summed E-state index contributed by atoms with van der Waals surface area (Å²) in [6.45, 7) is 5.87. The smallest absolute Gasteiger partial charge is 0.161 e. The van der Waals surface area contributed by atoms with Gasteiger partial charge in [-0.15, -0.1) is 12.4 Å². The molecule has 0 aliphatic carbocycles. The van der Waals surface area contributed by atoms with E-state index in [-0.39, 0.29) is 18.2 Å². The molecule has 0 fully saturated rings. The number of benzene rings is 2. The summed E-state index contributed by atoms with van der Waals surface area (Å²) in [6.07, 6.45) is 3.30. The number of methoxy groups -OCH3 is 1. The largest absolute Gasteiger partial charge is 0.493 e. The van der Waals surface area contributed by atoms with E-state index in [4.69, 9.17) is 14.2 Å². The van der Waals surface area contributed by atoms with Crippen molar-refractivity contribution in [2.24, 2.45) is 0 Å². The molecule has 6 heteroatoms. The molecule has 156 valence electrons. The van der Waals surface area contributed by atoms with Gasteiger partial charge in [0.2, 0.25) is 0 Å². The zero-order valence-corrected chi connectivity index (χ0v) is 17.5. The van der Waals surface area contributed by atoms with Crippen LogP contribution in [0.3, 0.4) is 0 Å². The highest BCUT2D eigenvalue weighted by Crippen LogP contribution is 2.28. The van der Waals surface area contributed by atoms with Crippen molar-refractivity contribution in [3.63, 3.8) is 0 Å². The van der Waals surface area contributed by atoms with Crippen molar-refractivity contribution < 1.29 is 18.6 Å². The zero-order chi connectivity index (χ0) is 19.3. The van der Waals surface area contributed by atoms with Gasteiger partial charge in [-0.3, -0.25) is 0 Å². The summed E-state index contributed by atoms with van der Waals surface area (Å²) in [5.74, 6) is 1.12. The van der Waals surface area contributed by atoms with E-state index >= 15 is 0 Å². The summed E-state index contributed by atoms with van der Waals surface area (Å²) in [5.41, 5.74) is 2.04. The number of hydrogen-bond acceptors (Lipinski definition) is 4. The zero-order valence-electron chi connectivity index (χ0n) is 16.7. The van der Waals surface area contributed by atoms with E-state index in [1.54, 1.807) is 19.2 Å². The molecule has 28 heavy (non-hydrogen) atoms. The predicted octanol–water partition coefficient (Wildman–Crippen LogP) is 5.13. The van der Waals surface area contributed by atoms with Crippen molar-refractivity contribution in [3.05, 3.63) is 59.4 Å². The number of rotatable bonds is 13. The second-order valence-corrected chi connectivity index (χ2v) is 6.40. The molecule has 0 aromatic heterocycles. The molecular formula is C22H31ClFNO3. The van der Waals surface area contributed by atoms with Gasteiger partial charge in [0.25, 0.3) is 0 Å². The molecule has 2 aromatic carbocycles. The van der Waals surface area contributed by atoms with Gasteiger partial charge < -0.3 is 19.5 Å². The average molecular weight is 412 g/mol. The molecule has 1 N–H and O–H groups in total. The molecule has 0 atom stereocenters. The highest BCUT2D eigenvalue weighted by atomic mass is 35.5. The molecular weight excluding hydrogens is 381 g/mol. The van der Waals surface area contributed by atoms with E-state index < -0.39 is 0 Å². The summed E-state index contributed by atoms with van der Waals surface area (Å²) in [4.78, 5) is 0. The number of halogens is 2. The quantitative estimate of drug-likeness (QED) is 0.464. The van der Waals surface area contributed by atoms with Crippen molar-refractivity contribution in [2.75, 3.05) is 26.9 Å². The first-order valence-electron chi connectivity index (χ1n) is 9.55. The Hall–Kier alpha value is -1.82. The highest BCUT2D eigenvalue weighted by Gasteiger charge is 2.06. The van der Waals surface area contributed by atoms with E-state index in [0.717, 1.165) is 50.3 Å². The van der Waals surface area contributed by atoms with Gasteiger partial charge in [-0.25, -0.2) is 4.39 Å². The maximum Gasteiger partial charge on any atom is 0.161 e. The number of nitrogens with one attached hydrogen (secondary N) is 1. The van der Waals surface area contributed by atoms with Crippen LogP contribution in [0.5, 0.6) is 11.5 Å². The van der Waals surface area contributed by atoms with E-state index in [0.29, 0.717) is 18.1 Å². The molecule has 2 aromatic rings. The summed E-state index contributed by atoms with van der Waals surface area (Å²) in [6, 6.07) is 12.2. The molecule has 2 rings (SSSR count). The summed E-state index contributed by atoms with van der Waals surface area (Å²) in [7, 11) is 1.63. The van der Waals surface area contributed by atoms with Crippen LogP contribution < -0.4 is 14.8 Å². The van der Waals surface area contributed by atoms with Crippen LogP contribution in [0.4, 0.5) is 4.39 Å². The number of unbranched alkanes of at least 4 members (excludes halogenated alkanes) is 1. The molecule has 0 bridgehead atoms. The highest BCUT2D eigenvalue weighted by molar-refractivity contribution is 5.85. The first kappa shape index (κ1) is 24.2. The first-order chi connectivity index (χ1) is 13.2. The van der Waals surface area contributed by atoms with Crippen LogP contribution in [0.25, 0.3) is 0 Å². The Kier molecular flexibility index (Phi) is 12.3. The monoisotopic (exact) mass is 411 g/mol.